The largest absolute Gasteiger partial charge is 0.493 e. The number of methoxy groups -OCH3 is 2. The van der Waals surface area contributed by atoms with Crippen LogP contribution in [0.25, 0.3) is 0 Å². The number of hydrogen-bond acceptors (Lipinski definition) is 3. The lowest BCUT2D eigenvalue weighted by atomic mass is 10.0. The van der Waals surface area contributed by atoms with Gasteiger partial charge in [-0.3, -0.25) is 0 Å². The summed E-state index contributed by atoms with van der Waals surface area (Å²) in [5, 5.41) is 10.2. The molecule has 1 unspecified atom stereocenters. The zero-order chi connectivity index (χ0) is 13.4. The van der Waals surface area contributed by atoms with Crippen LogP contribution in [0.1, 0.15) is 50.7 Å². The molecule has 0 aromatic heterocycles. The molecule has 0 saturated heterocycles. The summed E-state index contributed by atoms with van der Waals surface area (Å²) in [4.78, 5) is 0. The van der Waals surface area contributed by atoms with Crippen molar-refractivity contribution in [1.82, 2.24) is 0 Å². The second kappa shape index (κ2) is 7.98. The van der Waals surface area contributed by atoms with Crippen molar-refractivity contribution in [1.29, 1.82) is 0 Å². The summed E-state index contributed by atoms with van der Waals surface area (Å²) in [6.07, 6.45) is 4.92. The van der Waals surface area contributed by atoms with Gasteiger partial charge in [0.1, 0.15) is 0 Å². The van der Waals surface area contributed by atoms with Crippen LogP contribution in [-0.2, 0) is 0 Å². The molecule has 0 saturated carbocycles. The second-order valence-electron chi connectivity index (χ2n) is 4.45. The van der Waals surface area contributed by atoms with Crippen molar-refractivity contribution < 1.29 is 14.6 Å². The van der Waals surface area contributed by atoms with Gasteiger partial charge in [-0.25, -0.2) is 0 Å². The van der Waals surface area contributed by atoms with Crippen molar-refractivity contribution in [3.63, 3.8) is 0 Å². The Morgan fingerprint density at radius 1 is 1.11 bits per heavy atom. The van der Waals surface area contributed by atoms with Crippen molar-refractivity contribution in [2.75, 3.05) is 14.2 Å². The Hall–Kier alpha value is -1.22. The van der Waals surface area contributed by atoms with E-state index in [0.717, 1.165) is 18.4 Å². The van der Waals surface area contributed by atoms with Crippen LogP contribution in [0.2, 0.25) is 0 Å². The minimum atomic E-state index is -0.480. The molecule has 18 heavy (non-hydrogen) atoms. The van der Waals surface area contributed by atoms with E-state index in [1.165, 1.54) is 19.3 Å². The van der Waals surface area contributed by atoms with Gasteiger partial charge in [0, 0.05) is 5.56 Å². The summed E-state index contributed by atoms with van der Waals surface area (Å²) >= 11 is 0. The van der Waals surface area contributed by atoms with Gasteiger partial charge in [0.2, 0.25) is 0 Å². The van der Waals surface area contributed by atoms with E-state index in [1.807, 2.05) is 18.2 Å². The third kappa shape index (κ3) is 3.91. The molecule has 0 radical (unpaired) electrons. The first-order valence-electron chi connectivity index (χ1n) is 6.63. The molecule has 1 N–H and O–H groups in total. The average molecular weight is 252 g/mol. The lowest BCUT2D eigenvalue weighted by Gasteiger charge is -2.17. The first kappa shape index (κ1) is 14.8. The first-order chi connectivity index (χ1) is 8.74. The molecule has 102 valence electrons. The van der Waals surface area contributed by atoms with Crippen LogP contribution < -0.4 is 9.47 Å². The molecule has 1 aromatic carbocycles. The summed E-state index contributed by atoms with van der Waals surface area (Å²) in [7, 11) is 3.21. The van der Waals surface area contributed by atoms with Crippen molar-refractivity contribution >= 4 is 0 Å². The van der Waals surface area contributed by atoms with E-state index in [9.17, 15) is 5.11 Å². The van der Waals surface area contributed by atoms with Gasteiger partial charge in [0.05, 0.1) is 20.3 Å². The molecule has 3 heteroatoms. The van der Waals surface area contributed by atoms with Crippen molar-refractivity contribution in [2.45, 2.75) is 45.1 Å². The molecule has 1 aromatic rings. The Balaban J connectivity index is 2.69. The van der Waals surface area contributed by atoms with Crippen molar-refractivity contribution in [3.05, 3.63) is 23.8 Å². The lowest BCUT2D eigenvalue weighted by molar-refractivity contribution is 0.158. The molecule has 0 heterocycles. The fourth-order valence-corrected chi connectivity index (χ4v) is 2.09. The van der Waals surface area contributed by atoms with Gasteiger partial charge in [-0.05, 0) is 12.5 Å². The average Bonchev–Trinajstić information content (AvgIpc) is 2.42. The minimum absolute atomic E-state index is 0.480. The Labute approximate surface area is 110 Å². The molecule has 0 aliphatic rings. The quantitative estimate of drug-likeness (QED) is 0.717. The topological polar surface area (TPSA) is 38.7 Å². The number of unbranched alkanes of at least 4 members (excludes halogenated alkanes) is 3. The van der Waals surface area contributed by atoms with Crippen LogP contribution in [-0.4, -0.2) is 19.3 Å². The maximum Gasteiger partial charge on any atom is 0.166 e. The van der Waals surface area contributed by atoms with E-state index in [1.54, 1.807) is 14.2 Å². The molecular weight excluding hydrogens is 228 g/mol. The maximum atomic E-state index is 10.2. The van der Waals surface area contributed by atoms with E-state index in [2.05, 4.69) is 6.92 Å². The summed E-state index contributed by atoms with van der Waals surface area (Å²) < 4.78 is 10.6. The van der Waals surface area contributed by atoms with Gasteiger partial charge in [0.15, 0.2) is 11.5 Å². The fraction of sp³-hybridized carbons (Fsp3) is 0.600. The minimum Gasteiger partial charge on any atom is -0.493 e. The van der Waals surface area contributed by atoms with E-state index >= 15 is 0 Å². The van der Waals surface area contributed by atoms with Gasteiger partial charge >= 0.3 is 0 Å². The van der Waals surface area contributed by atoms with E-state index in [4.69, 9.17) is 9.47 Å². The Morgan fingerprint density at radius 2 is 1.89 bits per heavy atom. The van der Waals surface area contributed by atoms with Crippen molar-refractivity contribution in [2.24, 2.45) is 0 Å². The van der Waals surface area contributed by atoms with Gasteiger partial charge in [-0.1, -0.05) is 44.7 Å². The Morgan fingerprint density at radius 3 is 2.50 bits per heavy atom. The molecular formula is C15H24O3. The Bertz CT molecular complexity index is 350. The maximum absolute atomic E-state index is 10.2. The predicted molar refractivity (Wildman–Crippen MR) is 73.3 cm³/mol. The number of hydrogen-bond donors (Lipinski definition) is 1. The third-order valence-electron chi connectivity index (χ3n) is 3.12. The van der Waals surface area contributed by atoms with Crippen LogP contribution in [0.15, 0.2) is 18.2 Å². The highest BCUT2D eigenvalue weighted by atomic mass is 16.5. The Kier molecular flexibility index (Phi) is 6.58. The summed E-state index contributed by atoms with van der Waals surface area (Å²) in [5.74, 6) is 1.31. The molecule has 0 bridgehead atoms. The smallest absolute Gasteiger partial charge is 0.166 e. The molecule has 1 rings (SSSR count). The van der Waals surface area contributed by atoms with E-state index in [0.29, 0.717) is 11.5 Å². The van der Waals surface area contributed by atoms with E-state index in [-0.39, 0.29) is 0 Å². The fourth-order valence-electron chi connectivity index (χ4n) is 2.09. The molecule has 0 spiro atoms. The number of para-hydroxylation sites is 1. The molecule has 3 nitrogen and oxygen atoms in total. The number of ether oxygens (including phenoxy) is 2. The van der Waals surface area contributed by atoms with Crippen LogP contribution >= 0.6 is 0 Å². The number of aliphatic hydroxyl groups is 1. The molecule has 0 aliphatic heterocycles. The highest BCUT2D eigenvalue weighted by molar-refractivity contribution is 5.47. The molecule has 0 aliphatic carbocycles. The summed E-state index contributed by atoms with van der Waals surface area (Å²) in [6, 6.07) is 5.62. The number of benzene rings is 1. The van der Waals surface area contributed by atoms with Crippen molar-refractivity contribution in [3.8, 4) is 11.5 Å². The predicted octanol–water partition coefficient (Wildman–Crippen LogP) is 3.71. The SMILES string of the molecule is CCCCCCC(O)c1cccc(OC)c1OC. The van der Waals surface area contributed by atoms with Crippen LogP contribution in [0, 0.1) is 0 Å². The second-order valence-corrected chi connectivity index (χ2v) is 4.45. The summed E-state index contributed by atoms with van der Waals surface area (Å²) in [6.45, 7) is 2.18. The summed E-state index contributed by atoms with van der Waals surface area (Å²) in [5.41, 5.74) is 0.813. The van der Waals surface area contributed by atoms with Crippen LogP contribution in [0.5, 0.6) is 11.5 Å². The number of rotatable bonds is 8. The zero-order valence-electron chi connectivity index (χ0n) is 11.6. The molecule has 0 fully saturated rings. The van der Waals surface area contributed by atoms with Gasteiger partial charge < -0.3 is 14.6 Å². The molecule has 1 atom stereocenters. The highest BCUT2D eigenvalue weighted by Crippen LogP contribution is 2.36. The third-order valence-corrected chi connectivity index (χ3v) is 3.12. The lowest BCUT2D eigenvalue weighted by Crippen LogP contribution is -2.02. The first-order valence-corrected chi connectivity index (χ1v) is 6.63. The van der Waals surface area contributed by atoms with E-state index < -0.39 is 6.10 Å². The van der Waals surface area contributed by atoms with Crippen LogP contribution in [0.4, 0.5) is 0 Å². The molecule has 0 amide bonds. The van der Waals surface area contributed by atoms with Crippen LogP contribution in [0.3, 0.4) is 0 Å². The highest BCUT2D eigenvalue weighted by Gasteiger charge is 2.16. The monoisotopic (exact) mass is 252 g/mol. The van der Waals surface area contributed by atoms with Gasteiger partial charge in [-0.2, -0.15) is 0 Å². The number of aliphatic hydroxyl groups excluding tert-OH is 1. The van der Waals surface area contributed by atoms with Gasteiger partial charge in [0.25, 0.3) is 0 Å². The normalized spacial score (nSPS) is 12.2. The standard InChI is InChI=1S/C15H24O3/c1-4-5-6-7-10-13(16)12-9-8-11-14(17-2)15(12)18-3/h8-9,11,13,16H,4-7,10H2,1-3H3. The van der Waals surface area contributed by atoms with Gasteiger partial charge in [-0.15, -0.1) is 0 Å². The zero-order valence-corrected chi connectivity index (χ0v) is 11.6.